The maximum absolute atomic E-state index is 13.6. The van der Waals surface area contributed by atoms with E-state index in [0.29, 0.717) is 51.8 Å². The average Bonchev–Trinajstić information content (AvgIpc) is 3.09. The summed E-state index contributed by atoms with van der Waals surface area (Å²) in [5.74, 6) is 1.73. The smallest absolute Gasteiger partial charge is 0.336 e. The molecule has 2 aromatic rings. The third-order valence-electron chi connectivity index (χ3n) is 5.71. The number of dihydropyridines is 1. The number of terminal acetylenes is 1. The van der Waals surface area contributed by atoms with Crippen molar-refractivity contribution in [2.24, 2.45) is 0 Å². The molecule has 1 aliphatic heterocycles. The molecule has 0 radical (unpaired) electrons. The molecule has 6 nitrogen and oxygen atoms in total. The van der Waals surface area contributed by atoms with Crippen LogP contribution in [-0.4, -0.2) is 31.6 Å². The fourth-order valence-electron chi connectivity index (χ4n) is 4.41. The van der Waals surface area contributed by atoms with Crippen LogP contribution in [0.25, 0.3) is 5.70 Å². The molecule has 7 heteroatoms. The molecule has 0 unspecified atom stereocenters. The first-order valence-electron chi connectivity index (χ1n) is 11.0. The summed E-state index contributed by atoms with van der Waals surface area (Å²) in [5, 5.41) is 3.54. The molecule has 34 heavy (non-hydrogen) atoms. The number of halogens is 1. The number of carbonyl (C=O) groups excluding carboxylic acids is 2. The second-order valence-corrected chi connectivity index (χ2v) is 8.14. The quantitative estimate of drug-likeness (QED) is 0.452. The molecule has 0 saturated heterocycles. The van der Waals surface area contributed by atoms with Crippen molar-refractivity contribution in [3.05, 3.63) is 75.0 Å². The van der Waals surface area contributed by atoms with E-state index in [1.807, 2.05) is 25.1 Å². The van der Waals surface area contributed by atoms with Crippen molar-refractivity contribution in [3.63, 3.8) is 0 Å². The highest BCUT2D eigenvalue weighted by Gasteiger charge is 2.43. The molecular weight excluding hydrogens is 454 g/mol. The predicted octanol–water partition coefficient (Wildman–Crippen LogP) is 4.88. The first kappa shape index (κ1) is 23.5. The molecule has 1 atom stereocenters. The fraction of sp³-hybridized carbons (Fsp3) is 0.259. The van der Waals surface area contributed by atoms with Crippen molar-refractivity contribution in [3.8, 4) is 23.8 Å². The number of fused-ring (bicyclic) bond motifs is 2. The summed E-state index contributed by atoms with van der Waals surface area (Å²) in [4.78, 5) is 26.7. The lowest BCUT2D eigenvalue weighted by Gasteiger charge is -2.29. The SMILES string of the molecule is C#CCOc1c(Cl)cc([C@H]2C(C(=O)OCC)=C(C)NC3=C2C(=O)c2ccccc23)cc1OCC. The van der Waals surface area contributed by atoms with Gasteiger partial charge in [0.1, 0.15) is 6.61 Å². The standard InChI is InChI=1S/C27H24ClNO5/c1-5-12-34-26-19(28)13-16(14-20(26)32-6-2)22-21(27(31)33-7-3)15(4)29-24-17-10-8-9-11-18(17)25(30)23(22)24/h1,8-11,13-14,22,29H,6-7,12H2,2-4H3/t22-/m0/s1. The number of ketones is 1. The van der Waals surface area contributed by atoms with Crippen molar-refractivity contribution in [1.29, 1.82) is 0 Å². The number of allylic oxidation sites excluding steroid dienone is 2. The monoisotopic (exact) mass is 477 g/mol. The first-order valence-corrected chi connectivity index (χ1v) is 11.4. The topological polar surface area (TPSA) is 73.9 Å². The van der Waals surface area contributed by atoms with Crippen LogP contribution in [0, 0.1) is 12.3 Å². The Hall–Kier alpha value is -3.69. The number of carbonyl (C=O) groups is 2. The second-order valence-electron chi connectivity index (χ2n) is 7.74. The molecule has 0 bridgehead atoms. The van der Waals surface area contributed by atoms with E-state index >= 15 is 0 Å². The Morgan fingerprint density at radius 1 is 1.15 bits per heavy atom. The van der Waals surface area contributed by atoms with Crippen molar-refractivity contribution in [2.45, 2.75) is 26.7 Å². The largest absolute Gasteiger partial charge is 0.490 e. The van der Waals surface area contributed by atoms with Crippen LogP contribution in [0.5, 0.6) is 11.5 Å². The van der Waals surface area contributed by atoms with Gasteiger partial charge in [-0.2, -0.15) is 0 Å². The number of esters is 1. The van der Waals surface area contributed by atoms with Crippen molar-refractivity contribution >= 4 is 29.1 Å². The third kappa shape index (κ3) is 3.93. The van der Waals surface area contributed by atoms with E-state index in [2.05, 4.69) is 11.2 Å². The van der Waals surface area contributed by atoms with Gasteiger partial charge in [-0.15, -0.1) is 6.42 Å². The number of hydrogen-bond acceptors (Lipinski definition) is 6. The van der Waals surface area contributed by atoms with E-state index < -0.39 is 11.9 Å². The second kappa shape index (κ2) is 9.66. The first-order chi connectivity index (χ1) is 16.4. The van der Waals surface area contributed by atoms with E-state index in [-0.39, 0.29) is 24.0 Å². The van der Waals surface area contributed by atoms with E-state index in [1.165, 1.54) is 0 Å². The summed E-state index contributed by atoms with van der Waals surface area (Å²) in [5.41, 5.74) is 4.07. The third-order valence-corrected chi connectivity index (χ3v) is 5.99. The maximum atomic E-state index is 13.6. The number of rotatable bonds is 7. The van der Waals surface area contributed by atoms with Gasteiger partial charge in [-0.1, -0.05) is 41.8 Å². The van der Waals surface area contributed by atoms with E-state index in [1.54, 1.807) is 32.0 Å². The van der Waals surface area contributed by atoms with Crippen LogP contribution in [0.2, 0.25) is 5.02 Å². The molecule has 0 aromatic heterocycles. The Labute approximate surface area is 203 Å². The lowest BCUT2D eigenvalue weighted by Crippen LogP contribution is -2.29. The fourth-order valence-corrected chi connectivity index (χ4v) is 4.69. The van der Waals surface area contributed by atoms with Crippen LogP contribution in [-0.2, 0) is 9.53 Å². The number of ether oxygens (including phenoxy) is 3. The van der Waals surface area contributed by atoms with E-state index in [4.69, 9.17) is 32.2 Å². The van der Waals surface area contributed by atoms with Crippen molar-refractivity contribution in [2.75, 3.05) is 19.8 Å². The van der Waals surface area contributed by atoms with Gasteiger partial charge in [0.15, 0.2) is 17.3 Å². The van der Waals surface area contributed by atoms with Gasteiger partial charge in [0, 0.05) is 28.3 Å². The van der Waals surface area contributed by atoms with Crippen LogP contribution < -0.4 is 14.8 Å². The minimum Gasteiger partial charge on any atom is -0.490 e. The van der Waals surface area contributed by atoms with E-state index in [0.717, 1.165) is 5.56 Å². The summed E-state index contributed by atoms with van der Waals surface area (Å²) >= 11 is 6.60. The Kier molecular flexibility index (Phi) is 6.67. The summed E-state index contributed by atoms with van der Waals surface area (Å²) < 4.78 is 16.8. The summed E-state index contributed by atoms with van der Waals surface area (Å²) in [6, 6.07) is 10.8. The van der Waals surface area contributed by atoms with Gasteiger partial charge in [0.2, 0.25) is 0 Å². The molecular formula is C27H24ClNO5. The van der Waals surface area contributed by atoms with Crippen molar-refractivity contribution in [1.82, 2.24) is 5.32 Å². The Morgan fingerprint density at radius 2 is 1.88 bits per heavy atom. The van der Waals surface area contributed by atoms with Gasteiger partial charge >= 0.3 is 5.97 Å². The van der Waals surface area contributed by atoms with Crippen LogP contribution in [0.15, 0.2) is 53.2 Å². The molecule has 2 aromatic carbocycles. The lowest BCUT2D eigenvalue weighted by atomic mass is 9.79. The van der Waals surface area contributed by atoms with Crippen molar-refractivity contribution < 1.29 is 23.8 Å². The van der Waals surface area contributed by atoms with E-state index in [9.17, 15) is 9.59 Å². The van der Waals surface area contributed by atoms with Gasteiger partial charge in [0.25, 0.3) is 0 Å². The van der Waals surface area contributed by atoms with Crippen LogP contribution in [0.1, 0.15) is 48.2 Å². The molecule has 0 fully saturated rings. The zero-order valence-electron chi connectivity index (χ0n) is 19.2. The Balaban J connectivity index is 1.93. The Morgan fingerprint density at radius 3 is 2.56 bits per heavy atom. The zero-order valence-corrected chi connectivity index (χ0v) is 19.9. The normalized spacial score (nSPS) is 16.4. The van der Waals surface area contributed by atoms with Gasteiger partial charge < -0.3 is 19.5 Å². The van der Waals surface area contributed by atoms with Gasteiger partial charge in [-0.25, -0.2) is 4.79 Å². The van der Waals surface area contributed by atoms with Gasteiger partial charge in [0.05, 0.1) is 29.5 Å². The molecule has 0 amide bonds. The molecule has 1 aliphatic carbocycles. The average molecular weight is 478 g/mol. The predicted molar refractivity (Wildman–Crippen MR) is 130 cm³/mol. The number of hydrogen-bond donors (Lipinski definition) is 1. The van der Waals surface area contributed by atoms with Gasteiger partial charge in [-0.3, -0.25) is 4.79 Å². The molecule has 1 heterocycles. The molecule has 0 spiro atoms. The molecule has 0 saturated carbocycles. The molecule has 4 rings (SSSR count). The number of nitrogens with one attached hydrogen (secondary N) is 1. The van der Waals surface area contributed by atoms with Crippen LogP contribution in [0.4, 0.5) is 0 Å². The van der Waals surface area contributed by atoms with Gasteiger partial charge in [-0.05, 0) is 38.5 Å². The molecule has 2 aliphatic rings. The molecule has 1 N–H and O–H groups in total. The minimum atomic E-state index is -0.714. The summed E-state index contributed by atoms with van der Waals surface area (Å²) in [6.07, 6.45) is 5.34. The zero-order chi connectivity index (χ0) is 24.4. The summed E-state index contributed by atoms with van der Waals surface area (Å²) in [7, 11) is 0. The minimum absolute atomic E-state index is 0.0165. The number of benzene rings is 2. The lowest BCUT2D eigenvalue weighted by molar-refractivity contribution is -0.138. The van der Waals surface area contributed by atoms with Crippen LogP contribution >= 0.6 is 11.6 Å². The highest BCUT2D eigenvalue weighted by molar-refractivity contribution is 6.32. The molecule has 174 valence electrons. The van der Waals surface area contributed by atoms with Crippen LogP contribution in [0.3, 0.4) is 0 Å². The Bertz CT molecular complexity index is 1280. The maximum Gasteiger partial charge on any atom is 0.336 e. The highest BCUT2D eigenvalue weighted by atomic mass is 35.5. The highest BCUT2D eigenvalue weighted by Crippen LogP contribution is 2.49. The summed E-state index contributed by atoms with van der Waals surface area (Å²) in [6.45, 7) is 5.94. The number of Topliss-reactive ketones (excluding diaryl/α,β-unsaturated/α-hetero) is 1.